The maximum atomic E-state index is 5.18. The molecule has 2 unspecified atom stereocenters. The lowest BCUT2D eigenvalue weighted by molar-refractivity contribution is 0.163. The van der Waals surface area contributed by atoms with E-state index in [2.05, 4.69) is 33.6 Å². The fourth-order valence-electron chi connectivity index (χ4n) is 2.14. The van der Waals surface area contributed by atoms with Gasteiger partial charge in [0.15, 0.2) is 0 Å². The molecule has 1 aliphatic rings. The molecule has 5 heteroatoms. The molecule has 1 aromatic heterocycles. The highest BCUT2D eigenvalue weighted by Gasteiger charge is 2.16. The molecule has 2 heterocycles. The molecule has 0 aliphatic carbocycles. The van der Waals surface area contributed by atoms with Crippen LogP contribution in [0.5, 0.6) is 0 Å². The van der Waals surface area contributed by atoms with Crippen molar-refractivity contribution >= 4 is 17.7 Å². The molecular weight excluding hydrogens is 234 g/mol. The lowest BCUT2D eigenvalue weighted by atomic mass is 10.2. The van der Waals surface area contributed by atoms with E-state index < -0.39 is 0 Å². The summed E-state index contributed by atoms with van der Waals surface area (Å²) >= 11 is 2.06. The van der Waals surface area contributed by atoms with Gasteiger partial charge in [-0.1, -0.05) is 0 Å². The zero-order valence-corrected chi connectivity index (χ0v) is 11.4. The maximum Gasteiger partial charge on any atom is 0.203 e. The SMILES string of the molecule is COCC(C)n1ccnc1NCC1CCCS1. The molecule has 2 atom stereocenters. The first kappa shape index (κ1) is 12.8. The van der Waals surface area contributed by atoms with Gasteiger partial charge in [-0.2, -0.15) is 11.8 Å². The van der Waals surface area contributed by atoms with Crippen molar-refractivity contribution in [1.82, 2.24) is 9.55 Å². The Bertz CT molecular complexity index is 336. The van der Waals surface area contributed by atoms with Gasteiger partial charge in [-0.05, 0) is 25.5 Å². The smallest absolute Gasteiger partial charge is 0.203 e. The van der Waals surface area contributed by atoms with Crippen LogP contribution >= 0.6 is 11.8 Å². The van der Waals surface area contributed by atoms with Gasteiger partial charge in [-0.3, -0.25) is 0 Å². The van der Waals surface area contributed by atoms with Gasteiger partial charge in [0.2, 0.25) is 5.95 Å². The molecular formula is C12H21N3OS. The van der Waals surface area contributed by atoms with E-state index in [0.29, 0.717) is 12.6 Å². The highest BCUT2D eigenvalue weighted by molar-refractivity contribution is 8.00. The second kappa shape index (κ2) is 6.31. The number of rotatable bonds is 6. The summed E-state index contributed by atoms with van der Waals surface area (Å²) in [5, 5.41) is 4.20. The molecule has 0 amide bonds. The molecule has 0 saturated carbocycles. The molecule has 96 valence electrons. The van der Waals surface area contributed by atoms with Crippen molar-refractivity contribution in [3.8, 4) is 0 Å². The molecule has 17 heavy (non-hydrogen) atoms. The van der Waals surface area contributed by atoms with E-state index in [1.54, 1.807) is 7.11 Å². The van der Waals surface area contributed by atoms with Crippen molar-refractivity contribution in [2.45, 2.75) is 31.1 Å². The van der Waals surface area contributed by atoms with Crippen LogP contribution in [0.25, 0.3) is 0 Å². The number of anilines is 1. The molecule has 0 radical (unpaired) electrons. The summed E-state index contributed by atoms with van der Waals surface area (Å²) in [6.45, 7) is 3.87. The van der Waals surface area contributed by atoms with E-state index in [1.165, 1.54) is 18.6 Å². The number of hydrogen-bond acceptors (Lipinski definition) is 4. The quantitative estimate of drug-likeness (QED) is 0.847. The number of ether oxygens (including phenoxy) is 1. The lowest BCUT2D eigenvalue weighted by Crippen LogP contribution is -2.19. The summed E-state index contributed by atoms with van der Waals surface area (Å²) in [4.78, 5) is 4.37. The second-order valence-electron chi connectivity index (χ2n) is 4.48. The minimum Gasteiger partial charge on any atom is -0.383 e. The summed E-state index contributed by atoms with van der Waals surface area (Å²) in [6.07, 6.45) is 6.53. The molecule has 1 aliphatic heterocycles. The van der Waals surface area contributed by atoms with Crippen molar-refractivity contribution in [3.63, 3.8) is 0 Å². The van der Waals surface area contributed by atoms with Crippen molar-refractivity contribution in [2.24, 2.45) is 0 Å². The Labute approximate surface area is 107 Å². The van der Waals surface area contributed by atoms with E-state index in [4.69, 9.17) is 4.74 Å². The Morgan fingerprint density at radius 3 is 3.29 bits per heavy atom. The average Bonchev–Trinajstić information content (AvgIpc) is 2.98. The van der Waals surface area contributed by atoms with Crippen molar-refractivity contribution in [2.75, 3.05) is 31.3 Å². The van der Waals surface area contributed by atoms with E-state index in [9.17, 15) is 0 Å². The highest BCUT2D eigenvalue weighted by Crippen LogP contribution is 2.26. The number of thioether (sulfide) groups is 1. The summed E-state index contributed by atoms with van der Waals surface area (Å²) < 4.78 is 7.32. The molecule has 0 spiro atoms. The molecule has 1 aromatic rings. The molecule has 1 saturated heterocycles. The first-order valence-corrected chi connectivity index (χ1v) is 7.23. The standard InChI is InChI=1S/C12H21N3OS/c1-10(9-16-2)15-6-5-13-12(15)14-8-11-4-3-7-17-11/h5-6,10-11H,3-4,7-9H2,1-2H3,(H,13,14). The van der Waals surface area contributed by atoms with E-state index in [0.717, 1.165) is 17.7 Å². The summed E-state index contributed by atoms with van der Waals surface area (Å²) in [5.74, 6) is 2.27. The first-order valence-electron chi connectivity index (χ1n) is 6.18. The van der Waals surface area contributed by atoms with Gasteiger partial charge in [0.25, 0.3) is 0 Å². The van der Waals surface area contributed by atoms with E-state index in [-0.39, 0.29) is 0 Å². The van der Waals surface area contributed by atoms with Gasteiger partial charge in [-0.15, -0.1) is 0 Å². The number of methoxy groups -OCH3 is 1. The van der Waals surface area contributed by atoms with E-state index in [1.807, 2.05) is 12.4 Å². The first-order chi connectivity index (χ1) is 8.31. The maximum absolute atomic E-state index is 5.18. The average molecular weight is 255 g/mol. The van der Waals surface area contributed by atoms with Crippen LogP contribution in [0.4, 0.5) is 5.95 Å². The van der Waals surface area contributed by atoms with Crippen LogP contribution in [0, 0.1) is 0 Å². The summed E-state index contributed by atoms with van der Waals surface area (Å²) in [6, 6.07) is 0.321. The minimum absolute atomic E-state index is 0.321. The summed E-state index contributed by atoms with van der Waals surface area (Å²) in [5.41, 5.74) is 0. The Hall–Kier alpha value is -0.680. The Kier molecular flexibility index (Phi) is 4.74. The van der Waals surface area contributed by atoms with Crippen LogP contribution < -0.4 is 5.32 Å². The lowest BCUT2D eigenvalue weighted by Gasteiger charge is -2.17. The largest absolute Gasteiger partial charge is 0.383 e. The summed E-state index contributed by atoms with van der Waals surface area (Å²) in [7, 11) is 1.73. The van der Waals surface area contributed by atoms with Crippen LogP contribution in [-0.2, 0) is 4.74 Å². The van der Waals surface area contributed by atoms with Crippen molar-refractivity contribution in [1.29, 1.82) is 0 Å². The van der Waals surface area contributed by atoms with E-state index >= 15 is 0 Å². The Morgan fingerprint density at radius 1 is 1.71 bits per heavy atom. The van der Waals surface area contributed by atoms with Crippen LogP contribution in [0.15, 0.2) is 12.4 Å². The fraction of sp³-hybridized carbons (Fsp3) is 0.750. The van der Waals surface area contributed by atoms with Crippen LogP contribution in [0.1, 0.15) is 25.8 Å². The fourth-order valence-corrected chi connectivity index (χ4v) is 3.34. The van der Waals surface area contributed by atoms with Crippen LogP contribution in [0.2, 0.25) is 0 Å². The Morgan fingerprint density at radius 2 is 2.59 bits per heavy atom. The normalized spacial score (nSPS) is 21.6. The van der Waals surface area contributed by atoms with Crippen LogP contribution in [0.3, 0.4) is 0 Å². The van der Waals surface area contributed by atoms with Gasteiger partial charge < -0.3 is 14.6 Å². The molecule has 0 aromatic carbocycles. The van der Waals surface area contributed by atoms with Gasteiger partial charge in [-0.25, -0.2) is 4.98 Å². The van der Waals surface area contributed by atoms with Crippen molar-refractivity contribution in [3.05, 3.63) is 12.4 Å². The zero-order chi connectivity index (χ0) is 12.1. The number of nitrogens with one attached hydrogen (secondary N) is 1. The topological polar surface area (TPSA) is 39.1 Å². The van der Waals surface area contributed by atoms with Gasteiger partial charge in [0.05, 0.1) is 12.6 Å². The third-order valence-electron chi connectivity index (χ3n) is 3.06. The minimum atomic E-state index is 0.321. The van der Waals surface area contributed by atoms with Gasteiger partial charge >= 0.3 is 0 Å². The number of imidazole rings is 1. The number of nitrogens with zero attached hydrogens (tertiary/aromatic N) is 2. The van der Waals surface area contributed by atoms with Crippen LogP contribution in [-0.4, -0.2) is 40.8 Å². The molecule has 1 fully saturated rings. The van der Waals surface area contributed by atoms with Gasteiger partial charge in [0, 0.05) is 31.3 Å². The number of aromatic nitrogens is 2. The molecule has 2 rings (SSSR count). The van der Waals surface area contributed by atoms with Crippen molar-refractivity contribution < 1.29 is 4.74 Å². The third kappa shape index (κ3) is 3.39. The predicted octanol–water partition coefficient (Wildman–Crippen LogP) is 2.40. The predicted molar refractivity (Wildman–Crippen MR) is 72.8 cm³/mol. The molecule has 4 nitrogen and oxygen atoms in total. The highest BCUT2D eigenvalue weighted by atomic mass is 32.2. The second-order valence-corrected chi connectivity index (χ2v) is 5.89. The number of hydrogen-bond donors (Lipinski definition) is 1. The zero-order valence-electron chi connectivity index (χ0n) is 10.6. The van der Waals surface area contributed by atoms with Gasteiger partial charge in [0.1, 0.15) is 0 Å². The third-order valence-corrected chi connectivity index (χ3v) is 4.46. The monoisotopic (exact) mass is 255 g/mol. The molecule has 0 bridgehead atoms. The Balaban J connectivity index is 1.89. The molecule has 1 N–H and O–H groups in total.